The highest BCUT2D eigenvalue weighted by atomic mass is 32.2. The Morgan fingerprint density at radius 3 is 2.35 bits per heavy atom. The first-order chi connectivity index (χ1) is 14.6. The highest BCUT2D eigenvalue weighted by molar-refractivity contribution is 7.89. The zero-order valence-electron chi connectivity index (χ0n) is 16.6. The summed E-state index contributed by atoms with van der Waals surface area (Å²) in [6.45, 7) is 0. The van der Waals surface area contributed by atoms with Crippen LogP contribution in [0.3, 0.4) is 0 Å². The maximum absolute atomic E-state index is 12.7. The Morgan fingerprint density at radius 2 is 1.77 bits per heavy atom. The van der Waals surface area contributed by atoms with E-state index in [0.717, 1.165) is 25.0 Å². The minimum atomic E-state index is -4.41. The quantitative estimate of drug-likeness (QED) is 0.665. The minimum Gasteiger partial charge on any atom is -0.495 e. The summed E-state index contributed by atoms with van der Waals surface area (Å²) in [5.74, 6) is -0.624. The number of sulfonamides is 1. The van der Waals surface area contributed by atoms with Crippen LogP contribution in [0.5, 0.6) is 5.75 Å². The lowest BCUT2D eigenvalue weighted by atomic mass is 10.1. The first kappa shape index (κ1) is 21.6. The van der Waals surface area contributed by atoms with Gasteiger partial charge in [0.25, 0.3) is 0 Å². The fourth-order valence-corrected chi connectivity index (χ4v) is 4.77. The van der Waals surface area contributed by atoms with E-state index in [2.05, 4.69) is 10.0 Å². The summed E-state index contributed by atoms with van der Waals surface area (Å²) in [4.78, 5) is 12.7. The highest BCUT2D eigenvalue weighted by Crippen LogP contribution is 2.48. The van der Waals surface area contributed by atoms with E-state index >= 15 is 0 Å². The van der Waals surface area contributed by atoms with Gasteiger partial charge in [-0.25, -0.2) is 13.1 Å². The number of rotatable bonds is 7. The summed E-state index contributed by atoms with van der Waals surface area (Å²) in [7, 11) is -2.30. The van der Waals surface area contributed by atoms with Gasteiger partial charge in [-0.2, -0.15) is 13.2 Å². The molecule has 10 heteroatoms. The first-order valence-corrected chi connectivity index (χ1v) is 11.2. The molecule has 2 aromatic rings. The molecule has 6 nitrogen and oxygen atoms in total. The molecule has 2 unspecified atom stereocenters. The van der Waals surface area contributed by atoms with Gasteiger partial charge in [0.1, 0.15) is 5.75 Å². The zero-order chi connectivity index (χ0) is 22.4. The van der Waals surface area contributed by atoms with Crippen molar-refractivity contribution in [3.63, 3.8) is 0 Å². The Bertz CT molecular complexity index is 1100. The molecule has 1 amide bonds. The van der Waals surface area contributed by atoms with Crippen LogP contribution in [0.25, 0.3) is 0 Å². The van der Waals surface area contributed by atoms with E-state index in [1.54, 1.807) is 0 Å². The minimum absolute atomic E-state index is 0.0191. The van der Waals surface area contributed by atoms with Crippen molar-refractivity contribution in [2.24, 2.45) is 5.92 Å². The monoisotopic (exact) mass is 454 g/mol. The molecule has 2 aliphatic rings. The lowest BCUT2D eigenvalue weighted by Crippen LogP contribution is -2.26. The summed E-state index contributed by atoms with van der Waals surface area (Å²) in [5.41, 5.74) is 0.148. The summed E-state index contributed by atoms with van der Waals surface area (Å²) >= 11 is 0. The molecule has 4 rings (SSSR count). The second-order valence-electron chi connectivity index (χ2n) is 7.82. The van der Waals surface area contributed by atoms with Crippen LogP contribution >= 0.6 is 0 Å². The van der Waals surface area contributed by atoms with Gasteiger partial charge in [-0.3, -0.25) is 4.79 Å². The molecule has 0 bridgehead atoms. The largest absolute Gasteiger partial charge is 0.495 e. The van der Waals surface area contributed by atoms with Gasteiger partial charge in [0, 0.05) is 12.0 Å². The number of alkyl halides is 3. The Labute approximate surface area is 177 Å². The number of benzene rings is 2. The van der Waals surface area contributed by atoms with E-state index in [-0.39, 0.29) is 28.4 Å². The number of methoxy groups -OCH3 is 1. The molecular formula is C21H21F3N2O4S. The topological polar surface area (TPSA) is 84.5 Å². The average Bonchev–Trinajstić information content (AvgIpc) is 3.62. The molecule has 2 N–H and O–H groups in total. The molecule has 166 valence electrons. The average molecular weight is 454 g/mol. The van der Waals surface area contributed by atoms with Crippen molar-refractivity contribution in [3.8, 4) is 5.75 Å². The fourth-order valence-electron chi connectivity index (χ4n) is 3.44. The summed E-state index contributed by atoms with van der Waals surface area (Å²) in [6.07, 6.45) is -2.31. The molecule has 31 heavy (non-hydrogen) atoms. The number of hydrogen-bond acceptors (Lipinski definition) is 4. The molecule has 0 heterocycles. The third-order valence-corrected chi connectivity index (χ3v) is 6.95. The molecule has 2 aromatic carbocycles. The number of anilines is 1. The summed E-state index contributed by atoms with van der Waals surface area (Å²) < 4.78 is 70.9. The molecule has 0 radical (unpaired) electrons. The van der Waals surface area contributed by atoms with Gasteiger partial charge in [-0.05, 0) is 61.1 Å². The van der Waals surface area contributed by atoms with Crippen LogP contribution in [-0.2, 0) is 21.0 Å². The van der Waals surface area contributed by atoms with Crippen LogP contribution < -0.4 is 14.8 Å². The van der Waals surface area contributed by atoms with Crippen molar-refractivity contribution in [2.75, 3.05) is 12.4 Å². The number of nitrogens with one attached hydrogen (secondary N) is 2. The Kier molecular flexibility index (Phi) is 5.47. The summed E-state index contributed by atoms with van der Waals surface area (Å²) in [6, 6.07) is 8.95. The van der Waals surface area contributed by atoms with Crippen molar-refractivity contribution in [3.05, 3.63) is 53.6 Å². The molecule has 0 saturated heterocycles. The van der Waals surface area contributed by atoms with Crippen LogP contribution in [-0.4, -0.2) is 27.5 Å². The third-order valence-electron chi connectivity index (χ3n) is 5.43. The number of hydrogen-bond donors (Lipinski definition) is 2. The maximum Gasteiger partial charge on any atom is 0.416 e. The van der Waals surface area contributed by atoms with E-state index in [4.69, 9.17) is 4.74 Å². The molecule has 2 aliphatic carbocycles. The number of halogens is 3. The first-order valence-electron chi connectivity index (χ1n) is 9.77. The van der Waals surface area contributed by atoms with Crippen molar-refractivity contribution in [2.45, 2.75) is 42.3 Å². The molecule has 2 atom stereocenters. The van der Waals surface area contributed by atoms with E-state index in [0.29, 0.717) is 17.7 Å². The van der Waals surface area contributed by atoms with Gasteiger partial charge < -0.3 is 10.1 Å². The van der Waals surface area contributed by atoms with E-state index in [9.17, 15) is 26.4 Å². The smallest absolute Gasteiger partial charge is 0.416 e. The van der Waals surface area contributed by atoms with Gasteiger partial charge >= 0.3 is 6.18 Å². The molecule has 0 spiro atoms. The Morgan fingerprint density at radius 1 is 1.10 bits per heavy atom. The standard InChI is InChI=1S/C21H21F3N2O4S/c1-30-19-9-8-15(31(28,29)26-14-6-7-14)10-18(19)25-20(27)17-11-16(17)12-2-4-13(5-3-12)21(22,23)24/h2-5,8-10,14,16-17,26H,6-7,11H2,1H3,(H,25,27). The van der Waals surface area contributed by atoms with Gasteiger partial charge in [0.05, 0.1) is 23.3 Å². The number of amides is 1. The second kappa shape index (κ2) is 7.83. The predicted octanol–water partition coefficient (Wildman–Crippen LogP) is 3.90. The fraction of sp³-hybridized carbons (Fsp3) is 0.381. The molecule has 2 saturated carbocycles. The van der Waals surface area contributed by atoms with Crippen LogP contribution in [0.15, 0.2) is 47.4 Å². The zero-order valence-corrected chi connectivity index (χ0v) is 17.4. The van der Waals surface area contributed by atoms with Crippen LogP contribution in [0.1, 0.15) is 36.3 Å². The third kappa shape index (κ3) is 4.85. The van der Waals surface area contributed by atoms with Gasteiger partial charge in [-0.1, -0.05) is 12.1 Å². The molecule has 0 aliphatic heterocycles. The van der Waals surface area contributed by atoms with E-state index < -0.39 is 27.7 Å². The Balaban J connectivity index is 1.46. The van der Waals surface area contributed by atoms with Gasteiger partial charge in [0.2, 0.25) is 15.9 Å². The van der Waals surface area contributed by atoms with Crippen molar-refractivity contribution < 1.29 is 31.1 Å². The number of carbonyl (C=O) groups is 1. The van der Waals surface area contributed by atoms with E-state index in [1.807, 2.05) is 0 Å². The normalized spacial score (nSPS) is 20.9. The van der Waals surface area contributed by atoms with Crippen molar-refractivity contribution in [1.29, 1.82) is 0 Å². The maximum atomic E-state index is 12.7. The Hall–Kier alpha value is -2.59. The van der Waals surface area contributed by atoms with Crippen molar-refractivity contribution in [1.82, 2.24) is 4.72 Å². The van der Waals surface area contributed by atoms with Crippen LogP contribution in [0, 0.1) is 5.92 Å². The molecule has 2 fully saturated rings. The summed E-state index contributed by atoms with van der Waals surface area (Å²) in [5, 5.41) is 2.70. The predicted molar refractivity (Wildman–Crippen MR) is 107 cm³/mol. The number of ether oxygens (including phenoxy) is 1. The van der Waals surface area contributed by atoms with Crippen molar-refractivity contribution >= 4 is 21.6 Å². The van der Waals surface area contributed by atoms with Gasteiger partial charge in [0.15, 0.2) is 0 Å². The number of carbonyl (C=O) groups excluding carboxylic acids is 1. The lowest BCUT2D eigenvalue weighted by molar-refractivity contribution is -0.137. The lowest BCUT2D eigenvalue weighted by Gasteiger charge is -2.13. The molecule has 0 aromatic heterocycles. The molecular weight excluding hydrogens is 433 g/mol. The van der Waals surface area contributed by atoms with Gasteiger partial charge in [-0.15, -0.1) is 0 Å². The van der Waals surface area contributed by atoms with Crippen LogP contribution in [0.2, 0.25) is 0 Å². The second-order valence-corrected chi connectivity index (χ2v) is 9.53. The highest BCUT2D eigenvalue weighted by Gasteiger charge is 2.44. The van der Waals surface area contributed by atoms with Crippen LogP contribution in [0.4, 0.5) is 18.9 Å². The SMILES string of the molecule is COc1ccc(S(=O)(=O)NC2CC2)cc1NC(=O)C1CC1c1ccc(C(F)(F)F)cc1. The van der Waals surface area contributed by atoms with E-state index in [1.165, 1.54) is 37.4 Å².